The predicted octanol–water partition coefficient (Wildman–Crippen LogP) is 5.45. The van der Waals surface area contributed by atoms with E-state index in [0.717, 1.165) is 13.1 Å². The zero-order valence-corrected chi connectivity index (χ0v) is 13.2. The molecule has 17 heavy (non-hydrogen) atoms. The molecule has 88 valence electrons. The quantitative estimate of drug-likeness (QED) is 0.635. The lowest BCUT2D eigenvalue weighted by molar-refractivity contribution is 0.825. The van der Waals surface area contributed by atoms with E-state index in [1.165, 1.54) is 5.56 Å². The molecule has 0 radical (unpaired) electrons. The van der Waals surface area contributed by atoms with Gasteiger partial charge in [0.25, 0.3) is 0 Å². The number of halogens is 2. The Bertz CT molecular complexity index is 519. The molecular formula is C13H11Br2NS. The highest BCUT2D eigenvalue weighted by Crippen LogP contribution is 2.31. The Kier molecular flexibility index (Phi) is 4.54. The van der Waals surface area contributed by atoms with E-state index in [1.807, 2.05) is 24.4 Å². The fourth-order valence-electron chi connectivity index (χ4n) is 1.45. The van der Waals surface area contributed by atoms with Crippen LogP contribution in [0.5, 0.6) is 0 Å². The van der Waals surface area contributed by atoms with Crippen molar-refractivity contribution >= 4 is 49.4 Å². The molecule has 1 atom stereocenters. The standard InChI is InChI=1S/C13H11Br2NS/c1-9(10-5-3-2-4-6-10)16-8-11-7-12(14)17-13(11)15/h2-9H,1H3/t9-/m0/s1. The Hall–Kier alpha value is -0.450. The minimum absolute atomic E-state index is 0.182. The number of hydrogen-bond donors (Lipinski definition) is 0. The molecule has 2 rings (SSSR count). The Balaban J connectivity index is 2.14. The summed E-state index contributed by atoms with van der Waals surface area (Å²) >= 11 is 8.64. The summed E-state index contributed by atoms with van der Waals surface area (Å²) in [4.78, 5) is 4.57. The normalized spacial score (nSPS) is 13.1. The first-order valence-electron chi connectivity index (χ1n) is 5.20. The zero-order valence-electron chi connectivity index (χ0n) is 9.23. The van der Waals surface area contributed by atoms with Gasteiger partial charge in [-0.05, 0) is 50.4 Å². The van der Waals surface area contributed by atoms with Gasteiger partial charge in [-0.3, -0.25) is 4.99 Å². The van der Waals surface area contributed by atoms with E-state index in [1.54, 1.807) is 11.3 Å². The maximum Gasteiger partial charge on any atom is 0.0798 e. The Morgan fingerprint density at radius 2 is 1.94 bits per heavy atom. The predicted molar refractivity (Wildman–Crippen MR) is 82.2 cm³/mol. The number of benzene rings is 1. The number of nitrogens with zero attached hydrogens (tertiary/aromatic N) is 1. The molecule has 1 heterocycles. The molecular weight excluding hydrogens is 362 g/mol. The minimum Gasteiger partial charge on any atom is -0.285 e. The van der Waals surface area contributed by atoms with Crippen molar-refractivity contribution in [3.05, 3.63) is 55.1 Å². The van der Waals surface area contributed by atoms with Crippen molar-refractivity contribution in [2.75, 3.05) is 0 Å². The van der Waals surface area contributed by atoms with Gasteiger partial charge in [-0.1, -0.05) is 30.3 Å². The summed E-state index contributed by atoms with van der Waals surface area (Å²) < 4.78 is 2.21. The molecule has 0 aliphatic heterocycles. The Labute approximate surface area is 122 Å². The second-order valence-electron chi connectivity index (χ2n) is 3.64. The van der Waals surface area contributed by atoms with Gasteiger partial charge in [0, 0.05) is 11.8 Å². The van der Waals surface area contributed by atoms with Crippen molar-refractivity contribution in [2.24, 2.45) is 4.99 Å². The number of hydrogen-bond acceptors (Lipinski definition) is 2. The molecule has 0 spiro atoms. The van der Waals surface area contributed by atoms with Crippen LogP contribution >= 0.6 is 43.2 Å². The molecule has 0 N–H and O–H groups in total. The highest BCUT2D eigenvalue weighted by atomic mass is 79.9. The summed E-state index contributed by atoms with van der Waals surface area (Å²) in [6, 6.07) is 12.5. The summed E-state index contributed by atoms with van der Waals surface area (Å²) in [6.07, 6.45) is 1.92. The van der Waals surface area contributed by atoms with E-state index in [2.05, 4.69) is 62.0 Å². The van der Waals surface area contributed by atoms with Gasteiger partial charge in [0.2, 0.25) is 0 Å². The van der Waals surface area contributed by atoms with Gasteiger partial charge in [0.05, 0.1) is 13.6 Å². The molecule has 0 bridgehead atoms. The molecule has 0 fully saturated rings. The van der Waals surface area contributed by atoms with Gasteiger partial charge in [-0.25, -0.2) is 0 Å². The highest BCUT2D eigenvalue weighted by Gasteiger charge is 2.04. The molecule has 1 nitrogen and oxygen atoms in total. The molecule has 0 saturated heterocycles. The van der Waals surface area contributed by atoms with Crippen molar-refractivity contribution in [2.45, 2.75) is 13.0 Å². The van der Waals surface area contributed by atoms with Crippen LogP contribution in [0.4, 0.5) is 0 Å². The molecule has 0 unspecified atom stereocenters. The first kappa shape index (κ1) is 13.0. The minimum atomic E-state index is 0.182. The third-order valence-electron chi connectivity index (χ3n) is 2.40. The average Bonchev–Trinajstić information content (AvgIpc) is 2.66. The first-order chi connectivity index (χ1) is 8.16. The van der Waals surface area contributed by atoms with Crippen LogP contribution in [0.2, 0.25) is 0 Å². The monoisotopic (exact) mass is 371 g/mol. The fourth-order valence-corrected chi connectivity index (χ4v) is 4.16. The molecule has 1 aromatic carbocycles. The lowest BCUT2D eigenvalue weighted by atomic mass is 10.1. The van der Waals surface area contributed by atoms with E-state index in [-0.39, 0.29) is 6.04 Å². The number of thiophene rings is 1. The molecule has 0 aliphatic carbocycles. The van der Waals surface area contributed by atoms with Crippen LogP contribution in [0.15, 0.2) is 49.0 Å². The van der Waals surface area contributed by atoms with Crippen LogP contribution in [0, 0.1) is 0 Å². The van der Waals surface area contributed by atoms with Crippen LogP contribution in [0.1, 0.15) is 24.1 Å². The lowest BCUT2D eigenvalue weighted by Gasteiger charge is -2.05. The van der Waals surface area contributed by atoms with Crippen molar-refractivity contribution in [3.63, 3.8) is 0 Å². The van der Waals surface area contributed by atoms with Crippen LogP contribution in [0.25, 0.3) is 0 Å². The Morgan fingerprint density at radius 3 is 2.53 bits per heavy atom. The van der Waals surface area contributed by atoms with Crippen LogP contribution < -0.4 is 0 Å². The van der Waals surface area contributed by atoms with Crippen molar-refractivity contribution in [3.8, 4) is 0 Å². The summed E-state index contributed by atoms with van der Waals surface area (Å²) in [7, 11) is 0. The van der Waals surface area contributed by atoms with E-state index >= 15 is 0 Å². The van der Waals surface area contributed by atoms with E-state index in [4.69, 9.17) is 0 Å². The second kappa shape index (κ2) is 5.94. The molecule has 1 aromatic heterocycles. The maximum absolute atomic E-state index is 4.57. The number of aliphatic imine (C=N–C) groups is 1. The second-order valence-corrected chi connectivity index (χ2v) is 7.39. The summed E-state index contributed by atoms with van der Waals surface area (Å²) in [5.41, 5.74) is 2.35. The van der Waals surface area contributed by atoms with Crippen LogP contribution in [-0.4, -0.2) is 6.21 Å². The summed E-state index contributed by atoms with van der Waals surface area (Å²) in [5.74, 6) is 0. The molecule has 0 aliphatic rings. The molecule has 0 saturated carbocycles. The summed E-state index contributed by atoms with van der Waals surface area (Å²) in [5, 5.41) is 0. The molecule has 4 heteroatoms. The molecule has 0 amide bonds. The average molecular weight is 373 g/mol. The fraction of sp³-hybridized carbons (Fsp3) is 0.154. The topological polar surface area (TPSA) is 12.4 Å². The lowest BCUT2D eigenvalue weighted by Crippen LogP contribution is -1.90. The van der Waals surface area contributed by atoms with E-state index in [9.17, 15) is 0 Å². The van der Waals surface area contributed by atoms with Gasteiger partial charge in [0.15, 0.2) is 0 Å². The van der Waals surface area contributed by atoms with Crippen LogP contribution in [-0.2, 0) is 0 Å². The first-order valence-corrected chi connectivity index (χ1v) is 7.60. The molecule has 2 aromatic rings. The maximum atomic E-state index is 4.57. The zero-order chi connectivity index (χ0) is 12.3. The Morgan fingerprint density at radius 1 is 1.24 bits per heavy atom. The van der Waals surface area contributed by atoms with Gasteiger partial charge < -0.3 is 0 Å². The van der Waals surface area contributed by atoms with Gasteiger partial charge >= 0.3 is 0 Å². The highest BCUT2D eigenvalue weighted by molar-refractivity contribution is 9.12. The summed E-state index contributed by atoms with van der Waals surface area (Å²) in [6.45, 7) is 2.10. The van der Waals surface area contributed by atoms with Crippen molar-refractivity contribution in [1.29, 1.82) is 0 Å². The van der Waals surface area contributed by atoms with E-state index < -0.39 is 0 Å². The van der Waals surface area contributed by atoms with Crippen molar-refractivity contribution < 1.29 is 0 Å². The van der Waals surface area contributed by atoms with Gasteiger partial charge in [-0.2, -0.15) is 0 Å². The van der Waals surface area contributed by atoms with Gasteiger partial charge in [-0.15, -0.1) is 11.3 Å². The third kappa shape index (κ3) is 3.50. The largest absolute Gasteiger partial charge is 0.285 e. The van der Waals surface area contributed by atoms with Crippen molar-refractivity contribution in [1.82, 2.24) is 0 Å². The number of rotatable bonds is 3. The van der Waals surface area contributed by atoms with E-state index in [0.29, 0.717) is 0 Å². The van der Waals surface area contributed by atoms with Crippen LogP contribution in [0.3, 0.4) is 0 Å². The van der Waals surface area contributed by atoms with Gasteiger partial charge in [0.1, 0.15) is 0 Å². The SMILES string of the molecule is C[C@H](N=Cc1cc(Br)sc1Br)c1ccccc1. The smallest absolute Gasteiger partial charge is 0.0798 e. The third-order valence-corrected chi connectivity index (χ3v) is 4.79.